The second-order valence-corrected chi connectivity index (χ2v) is 9.57. The zero-order valence-electron chi connectivity index (χ0n) is 20.6. The summed E-state index contributed by atoms with van der Waals surface area (Å²) >= 11 is 1.37. The highest BCUT2D eigenvalue weighted by Crippen LogP contribution is 2.40. The number of aromatic nitrogens is 3. The molecular formula is C25H34N6O2S. The van der Waals surface area contributed by atoms with E-state index >= 15 is 0 Å². The average molecular weight is 483 g/mol. The molecule has 0 bridgehead atoms. The van der Waals surface area contributed by atoms with Crippen molar-refractivity contribution in [3.05, 3.63) is 52.3 Å². The van der Waals surface area contributed by atoms with Crippen LogP contribution in [0.3, 0.4) is 0 Å². The molecule has 3 rings (SSSR count). The predicted molar refractivity (Wildman–Crippen MR) is 139 cm³/mol. The number of aromatic amines is 1. The first kappa shape index (κ1) is 25.7. The fraction of sp³-hybridized carbons (Fsp3) is 0.440. The van der Waals surface area contributed by atoms with Crippen molar-refractivity contribution in [1.29, 1.82) is 0 Å². The van der Waals surface area contributed by atoms with Gasteiger partial charge in [-0.2, -0.15) is 5.10 Å². The molecule has 0 saturated carbocycles. The van der Waals surface area contributed by atoms with E-state index in [2.05, 4.69) is 34.3 Å². The van der Waals surface area contributed by atoms with Gasteiger partial charge in [0.25, 0.3) is 5.56 Å². The standard InChI is InChI=1S/C25H34N6O2S/c1-6-31(7-2)14-13-30(5)16-21(33)26-25-27-22(18-11-9-8-10-12-18)24(34-25)23-19(17(3)4)15-20(32)28-29-23/h8-12,15,17H,6-7,13-14,16H2,1-5H3,(H,28,32)(H,26,27,33). The molecule has 0 unspecified atom stereocenters. The Bertz CT molecular complexity index is 1140. The number of hydrogen-bond donors (Lipinski definition) is 2. The summed E-state index contributed by atoms with van der Waals surface area (Å²) in [4.78, 5) is 34.6. The van der Waals surface area contributed by atoms with Crippen molar-refractivity contribution in [2.24, 2.45) is 0 Å². The summed E-state index contributed by atoms with van der Waals surface area (Å²) in [6, 6.07) is 11.4. The van der Waals surface area contributed by atoms with Crippen molar-refractivity contribution in [2.75, 3.05) is 45.1 Å². The molecule has 0 saturated heterocycles. The van der Waals surface area contributed by atoms with Crippen molar-refractivity contribution >= 4 is 22.4 Å². The number of anilines is 1. The minimum atomic E-state index is -0.237. The van der Waals surface area contributed by atoms with Crippen molar-refractivity contribution in [3.8, 4) is 21.8 Å². The number of thiazole rings is 1. The van der Waals surface area contributed by atoms with E-state index in [1.165, 1.54) is 11.3 Å². The first-order valence-electron chi connectivity index (χ1n) is 11.7. The van der Waals surface area contributed by atoms with Gasteiger partial charge in [0.2, 0.25) is 5.91 Å². The van der Waals surface area contributed by atoms with Crippen LogP contribution in [-0.4, -0.2) is 70.7 Å². The molecule has 2 aromatic heterocycles. The van der Waals surface area contributed by atoms with Crippen LogP contribution < -0.4 is 10.9 Å². The molecule has 0 aliphatic rings. The lowest BCUT2D eigenvalue weighted by atomic mass is 10.00. The number of rotatable bonds is 11. The number of carbonyl (C=O) groups is 1. The van der Waals surface area contributed by atoms with Crippen LogP contribution in [0.2, 0.25) is 0 Å². The summed E-state index contributed by atoms with van der Waals surface area (Å²) in [7, 11) is 1.95. The first-order chi connectivity index (χ1) is 16.3. The van der Waals surface area contributed by atoms with Crippen LogP contribution in [0.25, 0.3) is 21.8 Å². The van der Waals surface area contributed by atoms with Crippen LogP contribution in [0.15, 0.2) is 41.2 Å². The number of benzene rings is 1. The minimum absolute atomic E-state index is 0.105. The molecule has 2 N–H and O–H groups in total. The molecule has 0 aliphatic heterocycles. The van der Waals surface area contributed by atoms with E-state index in [0.29, 0.717) is 10.8 Å². The van der Waals surface area contributed by atoms with Crippen molar-refractivity contribution in [2.45, 2.75) is 33.6 Å². The van der Waals surface area contributed by atoms with Gasteiger partial charge in [0.15, 0.2) is 5.13 Å². The Hall–Kier alpha value is -2.88. The molecule has 8 nitrogen and oxygen atoms in total. The number of H-pyrrole nitrogens is 1. The fourth-order valence-electron chi connectivity index (χ4n) is 3.70. The minimum Gasteiger partial charge on any atom is -0.303 e. The van der Waals surface area contributed by atoms with Gasteiger partial charge in [-0.05, 0) is 31.6 Å². The van der Waals surface area contributed by atoms with Crippen LogP contribution >= 0.6 is 11.3 Å². The quantitative estimate of drug-likeness (QED) is 0.431. The SMILES string of the molecule is CCN(CC)CCN(C)CC(=O)Nc1nc(-c2ccccc2)c(-c2n[nH]c(=O)cc2C(C)C)s1. The Labute approximate surface area is 205 Å². The molecule has 1 aromatic carbocycles. The molecule has 0 spiro atoms. The van der Waals surface area contributed by atoms with Gasteiger partial charge >= 0.3 is 0 Å². The Morgan fingerprint density at radius 3 is 2.47 bits per heavy atom. The van der Waals surface area contributed by atoms with E-state index in [4.69, 9.17) is 4.98 Å². The Balaban J connectivity index is 1.86. The molecule has 1 amide bonds. The van der Waals surface area contributed by atoms with E-state index in [1.54, 1.807) is 6.07 Å². The molecule has 0 atom stereocenters. The third kappa shape index (κ3) is 6.59. The van der Waals surface area contributed by atoms with Gasteiger partial charge in [-0.25, -0.2) is 10.1 Å². The van der Waals surface area contributed by atoms with Gasteiger partial charge in [-0.15, -0.1) is 0 Å². The van der Waals surface area contributed by atoms with Gasteiger partial charge in [0.05, 0.1) is 17.1 Å². The normalized spacial score (nSPS) is 11.5. The van der Waals surface area contributed by atoms with Crippen LogP contribution in [0.5, 0.6) is 0 Å². The van der Waals surface area contributed by atoms with Gasteiger partial charge in [0, 0.05) is 24.7 Å². The van der Waals surface area contributed by atoms with E-state index in [0.717, 1.165) is 47.9 Å². The molecule has 0 aliphatic carbocycles. The van der Waals surface area contributed by atoms with Crippen LogP contribution in [0.1, 0.15) is 39.2 Å². The molecule has 0 fully saturated rings. The predicted octanol–water partition coefficient (Wildman–Crippen LogP) is 3.90. The summed E-state index contributed by atoms with van der Waals surface area (Å²) < 4.78 is 0. The zero-order valence-corrected chi connectivity index (χ0v) is 21.4. The van der Waals surface area contributed by atoms with E-state index in [9.17, 15) is 9.59 Å². The number of carbonyl (C=O) groups excluding carboxylic acids is 1. The van der Waals surface area contributed by atoms with E-state index < -0.39 is 0 Å². The second-order valence-electron chi connectivity index (χ2n) is 8.57. The molecule has 9 heteroatoms. The van der Waals surface area contributed by atoms with Crippen molar-refractivity contribution < 1.29 is 4.79 Å². The maximum atomic E-state index is 12.8. The van der Waals surface area contributed by atoms with Gasteiger partial charge in [-0.1, -0.05) is 69.4 Å². The van der Waals surface area contributed by atoms with Crippen molar-refractivity contribution in [1.82, 2.24) is 25.0 Å². The monoisotopic (exact) mass is 482 g/mol. The summed E-state index contributed by atoms with van der Waals surface area (Å²) in [5.41, 5.74) is 2.95. The fourth-order valence-corrected chi connectivity index (χ4v) is 4.72. The molecule has 3 aromatic rings. The zero-order chi connectivity index (χ0) is 24.7. The van der Waals surface area contributed by atoms with Gasteiger partial charge < -0.3 is 10.2 Å². The highest BCUT2D eigenvalue weighted by atomic mass is 32.1. The Morgan fingerprint density at radius 1 is 1.12 bits per heavy atom. The highest BCUT2D eigenvalue weighted by molar-refractivity contribution is 7.19. The van der Waals surface area contributed by atoms with Crippen LogP contribution in [0, 0.1) is 0 Å². The third-order valence-corrected chi connectivity index (χ3v) is 6.68. The number of nitrogens with one attached hydrogen (secondary N) is 2. The molecule has 2 heterocycles. The number of likely N-dealkylation sites (N-methyl/N-ethyl adjacent to an activating group) is 2. The van der Waals surface area contributed by atoms with E-state index in [-0.39, 0.29) is 23.9 Å². The molecular weight excluding hydrogens is 448 g/mol. The Kier molecular flexibility index (Phi) is 9.09. The maximum Gasteiger partial charge on any atom is 0.264 e. The molecule has 182 valence electrons. The van der Waals surface area contributed by atoms with Crippen LogP contribution in [-0.2, 0) is 4.79 Å². The Morgan fingerprint density at radius 2 is 1.82 bits per heavy atom. The number of nitrogens with zero attached hydrogens (tertiary/aromatic N) is 4. The maximum absolute atomic E-state index is 12.8. The summed E-state index contributed by atoms with van der Waals surface area (Å²) in [6.45, 7) is 12.4. The highest BCUT2D eigenvalue weighted by Gasteiger charge is 2.22. The van der Waals surface area contributed by atoms with Gasteiger partial charge in [-0.3, -0.25) is 14.5 Å². The lowest BCUT2D eigenvalue weighted by Gasteiger charge is -2.22. The van der Waals surface area contributed by atoms with Crippen molar-refractivity contribution in [3.63, 3.8) is 0 Å². The van der Waals surface area contributed by atoms with Crippen LogP contribution in [0.4, 0.5) is 5.13 Å². The molecule has 34 heavy (non-hydrogen) atoms. The smallest absolute Gasteiger partial charge is 0.264 e. The third-order valence-electron chi connectivity index (χ3n) is 5.70. The number of hydrogen-bond acceptors (Lipinski definition) is 7. The number of amides is 1. The topological polar surface area (TPSA) is 94.2 Å². The summed E-state index contributed by atoms with van der Waals surface area (Å²) in [6.07, 6.45) is 0. The average Bonchev–Trinajstić information content (AvgIpc) is 3.23. The first-order valence-corrected chi connectivity index (χ1v) is 12.5. The largest absolute Gasteiger partial charge is 0.303 e. The molecule has 0 radical (unpaired) electrons. The second kappa shape index (κ2) is 12.0. The summed E-state index contributed by atoms with van der Waals surface area (Å²) in [5, 5.41) is 10.4. The lowest BCUT2D eigenvalue weighted by Crippen LogP contribution is -2.37. The van der Waals surface area contributed by atoms with Gasteiger partial charge in [0.1, 0.15) is 5.69 Å². The lowest BCUT2D eigenvalue weighted by molar-refractivity contribution is -0.117. The van der Waals surface area contributed by atoms with E-state index in [1.807, 2.05) is 56.1 Å². The summed E-state index contributed by atoms with van der Waals surface area (Å²) in [5.74, 6) is -0.00603.